The van der Waals surface area contributed by atoms with Crippen LogP contribution in [-0.2, 0) is 6.18 Å². The Kier molecular flexibility index (Phi) is 3.20. The van der Waals surface area contributed by atoms with Gasteiger partial charge in [-0.25, -0.2) is 18.2 Å². The van der Waals surface area contributed by atoms with Crippen LogP contribution in [0.2, 0.25) is 0 Å². The van der Waals surface area contributed by atoms with Crippen molar-refractivity contribution in [2.75, 3.05) is 0 Å². The van der Waals surface area contributed by atoms with Gasteiger partial charge in [-0.05, 0) is 6.07 Å². The first-order chi connectivity index (χ1) is 7.27. The van der Waals surface area contributed by atoms with Gasteiger partial charge in [0.05, 0.1) is 0 Å². The van der Waals surface area contributed by atoms with Crippen LogP contribution in [0, 0.1) is 5.82 Å². The lowest BCUT2D eigenvalue weighted by Gasteiger charge is -2.10. The van der Waals surface area contributed by atoms with Gasteiger partial charge in [-0.2, -0.15) is 13.2 Å². The van der Waals surface area contributed by atoms with Gasteiger partial charge in [-0.15, -0.1) is 0 Å². The van der Waals surface area contributed by atoms with Gasteiger partial charge in [0.15, 0.2) is 17.8 Å². The monoisotopic (exact) mass is 243 g/mol. The minimum atomic E-state index is -5.09. The smallest absolute Gasteiger partial charge is 0.298 e. The van der Waals surface area contributed by atoms with E-state index in [9.17, 15) is 31.1 Å². The van der Waals surface area contributed by atoms with Gasteiger partial charge in [0.1, 0.15) is 5.69 Å². The third-order valence-corrected chi connectivity index (χ3v) is 1.63. The van der Waals surface area contributed by atoms with E-state index in [1.165, 1.54) is 0 Å². The summed E-state index contributed by atoms with van der Waals surface area (Å²) in [6.07, 6.45) is -8.87. The molecule has 0 fully saturated rings. The molecule has 2 nitrogen and oxygen atoms in total. The summed E-state index contributed by atoms with van der Waals surface area (Å²) >= 11 is 0. The molecule has 0 saturated heterocycles. The number of hydrogen-bond acceptors (Lipinski definition) is 2. The van der Waals surface area contributed by atoms with E-state index in [-0.39, 0.29) is 12.4 Å². The van der Waals surface area contributed by atoms with Crippen molar-refractivity contribution in [3.05, 3.63) is 28.8 Å². The van der Waals surface area contributed by atoms with Gasteiger partial charge >= 0.3 is 6.18 Å². The summed E-state index contributed by atoms with van der Waals surface area (Å²) in [6.45, 7) is 0. The lowest BCUT2D eigenvalue weighted by molar-refractivity contribution is -0.141. The van der Waals surface area contributed by atoms with Gasteiger partial charge < -0.3 is 0 Å². The highest BCUT2D eigenvalue weighted by atomic mass is 19.4. The normalized spacial score (nSPS) is 11.9. The number of carbonyl (C=O) groups is 1. The Morgan fingerprint density at radius 1 is 1.31 bits per heavy atom. The molecule has 0 bridgehead atoms. The minimum absolute atomic E-state index is 0.0876. The number of rotatable bonds is 2. The van der Waals surface area contributed by atoms with E-state index in [0.717, 1.165) is 0 Å². The largest absolute Gasteiger partial charge is 0.434 e. The fraction of sp³-hybridized carbons (Fsp3) is 0.250. The average molecular weight is 243 g/mol. The molecule has 1 aromatic rings. The van der Waals surface area contributed by atoms with Crippen LogP contribution >= 0.6 is 0 Å². The van der Waals surface area contributed by atoms with Crippen LogP contribution in [0.5, 0.6) is 0 Å². The molecule has 0 amide bonds. The number of hydrogen-bond donors (Lipinski definition) is 0. The molecule has 0 aliphatic heterocycles. The Bertz CT molecular complexity index is 414. The highest BCUT2D eigenvalue weighted by Crippen LogP contribution is 2.32. The topological polar surface area (TPSA) is 30.0 Å². The van der Waals surface area contributed by atoms with Crippen LogP contribution in [0.25, 0.3) is 0 Å². The predicted octanol–water partition coefficient (Wildman–Crippen LogP) is 2.99. The summed E-state index contributed by atoms with van der Waals surface area (Å²) in [4.78, 5) is 12.6. The number of pyridine rings is 1. The second kappa shape index (κ2) is 4.11. The summed E-state index contributed by atoms with van der Waals surface area (Å²) in [5.74, 6) is -1.65. The van der Waals surface area contributed by atoms with Crippen molar-refractivity contribution in [3.63, 3.8) is 0 Å². The van der Waals surface area contributed by atoms with Crippen LogP contribution in [0.4, 0.5) is 26.3 Å². The van der Waals surface area contributed by atoms with E-state index in [1.807, 2.05) is 0 Å². The Balaban J connectivity index is 3.47. The quantitative estimate of drug-likeness (QED) is 0.590. The van der Waals surface area contributed by atoms with E-state index in [2.05, 4.69) is 4.98 Å². The molecule has 0 spiro atoms. The summed E-state index contributed by atoms with van der Waals surface area (Å²) in [6, 6.07) is 0.0876. The first kappa shape index (κ1) is 12.5. The van der Waals surface area contributed by atoms with E-state index >= 15 is 0 Å². The molecule has 16 heavy (non-hydrogen) atoms. The molecule has 1 aromatic heterocycles. The second-order valence-electron chi connectivity index (χ2n) is 2.71. The van der Waals surface area contributed by atoms with Crippen LogP contribution in [0.15, 0.2) is 6.07 Å². The Hall–Kier alpha value is -1.60. The van der Waals surface area contributed by atoms with Gasteiger partial charge in [0.2, 0.25) is 0 Å². The molecule has 0 atom stereocenters. The molecule has 8 heteroatoms. The van der Waals surface area contributed by atoms with E-state index < -0.39 is 35.4 Å². The number of alkyl halides is 5. The summed E-state index contributed by atoms with van der Waals surface area (Å²) in [7, 11) is 0. The molecule has 0 aromatic carbocycles. The van der Waals surface area contributed by atoms with Crippen molar-refractivity contribution in [2.24, 2.45) is 0 Å². The fourth-order valence-electron chi connectivity index (χ4n) is 0.987. The third kappa shape index (κ3) is 2.31. The molecule has 0 N–H and O–H groups in total. The highest BCUT2D eigenvalue weighted by Gasteiger charge is 2.37. The van der Waals surface area contributed by atoms with E-state index in [0.29, 0.717) is 0 Å². The lowest BCUT2D eigenvalue weighted by atomic mass is 10.1. The number of nitrogens with zero attached hydrogens (tertiary/aromatic N) is 1. The highest BCUT2D eigenvalue weighted by molar-refractivity contribution is 5.76. The van der Waals surface area contributed by atoms with Gasteiger partial charge in [-0.1, -0.05) is 0 Å². The van der Waals surface area contributed by atoms with E-state index in [4.69, 9.17) is 0 Å². The number of halogens is 6. The van der Waals surface area contributed by atoms with Gasteiger partial charge in [0, 0.05) is 5.56 Å². The van der Waals surface area contributed by atoms with E-state index in [1.54, 1.807) is 0 Å². The first-order valence-electron chi connectivity index (χ1n) is 3.78. The molecule has 1 heterocycles. The zero-order valence-corrected chi connectivity index (χ0v) is 7.36. The molecule has 0 aliphatic rings. The fourth-order valence-corrected chi connectivity index (χ4v) is 0.987. The van der Waals surface area contributed by atoms with Gasteiger partial charge in [0.25, 0.3) is 6.43 Å². The maximum Gasteiger partial charge on any atom is 0.434 e. The summed E-state index contributed by atoms with van der Waals surface area (Å²) in [5.41, 5.74) is -4.56. The Morgan fingerprint density at radius 2 is 1.88 bits per heavy atom. The minimum Gasteiger partial charge on any atom is -0.298 e. The number of aromatic nitrogens is 1. The molecular weight excluding hydrogens is 240 g/mol. The molecule has 1 rings (SSSR count). The Morgan fingerprint density at radius 3 is 2.25 bits per heavy atom. The lowest BCUT2D eigenvalue weighted by Crippen LogP contribution is -2.15. The maximum atomic E-state index is 12.8. The van der Waals surface area contributed by atoms with Crippen LogP contribution < -0.4 is 0 Å². The van der Waals surface area contributed by atoms with Crippen molar-refractivity contribution in [1.82, 2.24) is 4.98 Å². The number of aldehydes is 1. The molecule has 0 radical (unpaired) electrons. The zero-order valence-electron chi connectivity index (χ0n) is 7.36. The molecule has 0 aliphatic carbocycles. The predicted molar refractivity (Wildman–Crippen MR) is 39.5 cm³/mol. The van der Waals surface area contributed by atoms with Crippen LogP contribution in [0.1, 0.15) is 28.2 Å². The average Bonchev–Trinajstić information content (AvgIpc) is 2.14. The van der Waals surface area contributed by atoms with Crippen molar-refractivity contribution < 1.29 is 31.1 Å². The number of carbonyl (C=O) groups excluding carboxylic acids is 1. The maximum absolute atomic E-state index is 12.8. The standard InChI is InChI=1S/C8H3F6NO/c9-4-1-3(2-16)6(8(12,13)14)15-5(4)7(10)11/h1-2,7H. The SMILES string of the molecule is O=Cc1cc(F)c(C(F)F)nc1C(F)(F)F. The van der Waals surface area contributed by atoms with Crippen molar-refractivity contribution in [1.29, 1.82) is 0 Å². The molecule has 0 saturated carbocycles. The van der Waals surface area contributed by atoms with Crippen LogP contribution in [-0.4, -0.2) is 11.3 Å². The zero-order chi connectivity index (χ0) is 12.5. The first-order valence-corrected chi connectivity index (χ1v) is 3.78. The molecule has 0 unspecified atom stereocenters. The summed E-state index contributed by atoms with van der Waals surface area (Å²) < 4.78 is 73.6. The molecular formula is C8H3F6NO. The van der Waals surface area contributed by atoms with Crippen molar-refractivity contribution >= 4 is 6.29 Å². The third-order valence-electron chi connectivity index (χ3n) is 1.63. The van der Waals surface area contributed by atoms with Crippen molar-refractivity contribution in [3.8, 4) is 0 Å². The molecule has 88 valence electrons. The van der Waals surface area contributed by atoms with Crippen molar-refractivity contribution in [2.45, 2.75) is 12.6 Å². The van der Waals surface area contributed by atoms with Crippen LogP contribution in [0.3, 0.4) is 0 Å². The second-order valence-corrected chi connectivity index (χ2v) is 2.71. The summed E-state index contributed by atoms with van der Waals surface area (Å²) in [5, 5.41) is 0. The van der Waals surface area contributed by atoms with Gasteiger partial charge in [-0.3, -0.25) is 4.79 Å². The Labute approximate surface area is 84.9 Å².